The molecule has 0 spiro atoms. The number of likely N-dealkylation sites (tertiary alicyclic amines) is 1. The first-order chi connectivity index (χ1) is 24.1. The number of carbonyl (C=O) groups excluding carboxylic acids is 1. The van der Waals surface area contributed by atoms with E-state index in [0.717, 1.165) is 25.9 Å². The van der Waals surface area contributed by atoms with E-state index in [9.17, 15) is 18.0 Å². The molecule has 0 bridgehead atoms. The van der Waals surface area contributed by atoms with Crippen molar-refractivity contribution in [2.45, 2.75) is 37.1 Å². The van der Waals surface area contributed by atoms with Gasteiger partial charge < -0.3 is 15.0 Å². The van der Waals surface area contributed by atoms with Gasteiger partial charge in [0.05, 0.1) is 34.6 Å². The summed E-state index contributed by atoms with van der Waals surface area (Å²) < 4.78 is 58.8. The molecule has 1 fully saturated rings. The molecule has 0 unspecified atom stereocenters. The Morgan fingerprint density at radius 1 is 1.08 bits per heavy atom. The first kappa shape index (κ1) is 29.8. The zero-order valence-electron chi connectivity index (χ0n) is 27.7. The van der Waals surface area contributed by atoms with Gasteiger partial charge in [-0.15, -0.1) is 0 Å². The fourth-order valence-electron chi connectivity index (χ4n) is 6.83. The van der Waals surface area contributed by atoms with Crippen LogP contribution < -0.4 is 20.5 Å². The minimum Gasteiger partial charge on any atom is -0.495 e. The molecule has 0 aliphatic carbocycles. The molecular weight excluding hydrogens is 649 g/mol. The highest BCUT2D eigenvalue weighted by molar-refractivity contribution is 7.90. The van der Waals surface area contributed by atoms with E-state index in [-0.39, 0.29) is 57.4 Å². The van der Waals surface area contributed by atoms with E-state index in [0.29, 0.717) is 43.1 Å². The summed E-state index contributed by atoms with van der Waals surface area (Å²) in [7, 11) is -2.62. The van der Waals surface area contributed by atoms with E-state index in [4.69, 9.17) is 6.11 Å². The summed E-state index contributed by atoms with van der Waals surface area (Å²) >= 11 is 0. The first-order valence-electron chi connectivity index (χ1n) is 16.5. The summed E-state index contributed by atoms with van der Waals surface area (Å²) in [6.45, 7) is 3.00. The summed E-state index contributed by atoms with van der Waals surface area (Å²) in [5.41, 5.74) is 2.16. The van der Waals surface area contributed by atoms with Crippen LogP contribution in [0, 0.1) is 12.7 Å². The molecule has 5 heterocycles. The van der Waals surface area contributed by atoms with Gasteiger partial charge in [-0.25, -0.2) is 26.2 Å². The SMILES string of the molecule is [2H]CN1CCC[C@H]1C(=O)N1CCc2cc(OC)c(Nc3nc4c(ccn4S(=O)(=O)c4ccc(C)cc4)c4nc5cccc(F)c5c(=O)n34)cc21. The highest BCUT2D eigenvalue weighted by Crippen LogP contribution is 2.40. The number of fused-ring (bicyclic) bond motifs is 5. The first-order valence-corrected chi connectivity index (χ1v) is 17.2. The second-order valence-electron chi connectivity index (χ2n) is 12.3. The molecule has 250 valence electrons. The van der Waals surface area contributed by atoms with E-state index in [1.807, 2.05) is 17.9 Å². The summed E-state index contributed by atoms with van der Waals surface area (Å²) in [5.74, 6) is -0.606. The lowest BCUT2D eigenvalue weighted by molar-refractivity contribution is -0.122. The highest BCUT2D eigenvalue weighted by Gasteiger charge is 2.35. The number of hydrogen-bond donors (Lipinski definition) is 1. The molecule has 14 heteroatoms. The number of rotatable bonds is 6. The number of benzene rings is 3. The third-order valence-electron chi connectivity index (χ3n) is 9.37. The topological polar surface area (TPSA) is 131 Å². The molecule has 1 atom stereocenters. The van der Waals surface area contributed by atoms with Crippen LogP contribution in [0.4, 0.5) is 21.7 Å². The van der Waals surface area contributed by atoms with Gasteiger partial charge >= 0.3 is 0 Å². The van der Waals surface area contributed by atoms with Crippen molar-refractivity contribution in [3.05, 3.63) is 94.2 Å². The maximum atomic E-state index is 15.1. The number of halogens is 1. The molecule has 1 saturated heterocycles. The van der Waals surface area contributed by atoms with E-state index in [1.54, 1.807) is 23.1 Å². The lowest BCUT2D eigenvalue weighted by Gasteiger charge is -2.26. The molecule has 8 rings (SSSR count). The molecule has 0 saturated carbocycles. The molecular formula is C35H32FN7O5S. The Hall–Kier alpha value is -5.34. The van der Waals surface area contributed by atoms with Gasteiger partial charge in [0.1, 0.15) is 17.0 Å². The van der Waals surface area contributed by atoms with E-state index in [2.05, 4.69) is 15.3 Å². The molecule has 2 aliphatic rings. The third kappa shape index (κ3) is 4.84. The van der Waals surface area contributed by atoms with Crippen LogP contribution in [0.2, 0.25) is 0 Å². The van der Waals surface area contributed by atoms with Crippen LogP contribution in [0.25, 0.3) is 27.6 Å². The lowest BCUT2D eigenvalue weighted by Crippen LogP contribution is -2.43. The Balaban J connectivity index is 1.33. The van der Waals surface area contributed by atoms with Gasteiger partial charge in [-0.3, -0.25) is 14.5 Å². The number of amides is 1. The van der Waals surface area contributed by atoms with E-state index < -0.39 is 21.4 Å². The number of nitrogens with zero attached hydrogens (tertiary/aromatic N) is 6. The van der Waals surface area contributed by atoms with Gasteiger partial charge in [-0.05, 0) is 87.8 Å². The molecule has 0 radical (unpaired) electrons. The van der Waals surface area contributed by atoms with Crippen molar-refractivity contribution in [3.63, 3.8) is 0 Å². The van der Waals surface area contributed by atoms with Crippen molar-refractivity contribution in [1.82, 2.24) is 23.2 Å². The summed E-state index contributed by atoms with van der Waals surface area (Å²) in [4.78, 5) is 40.8. The Kier molecular flexibility index (Phi) is 6.91. The predicted octanol–water partition coefficient (Wildman–Crippen LogP) is 4.62. The van der Waals surface area contributed by atoms with Crippen molar-refractivity contribution in [3.8, 4) is 5.75 Å². The van der Waals surface area contributed by atoms with Crippen LogP contribution in [-0.4, -0.2) is 70.8 Å². The molecule has 1 N–H and O–H groups in total. The van der Waals surface area contributed by atoms with Gasteiger partial charge in [0.15, 0.2) is 11.3 Å². The second-order valence-corrected chi connectivity index (χ2v) is 14.1. The maximum Gasteiger partial charge on any atom is 0.271 e. The number of carbonyl (C=O) groups is 1. The molecule has 6 aromatic rings. The monoisotopic (exact) mass is 682 g/mol. The molecule has 3 aromatic carbocycles. The maximum absolute atomic E-state index is 15.1. The minimum absolute atomic E-state index is 0.00984. The Morgan fingerprint density at radius 3 is 2.67 bits per heavy atom. The molecule has 12 nitrogen and oxygen atoms in total. The van der Waals surface area contributed by atoms with Gasteiger partial charge in [0.25, 0.3) is 15.6 Å². The van der Waals surface area contributed by atoms with Crippen LogP contribution in [0.1, 0.15) is 25.3 Å². The number of likely N-dealkylation sites (N-methyl/N-ethyl adjacent to an activating group) is 1. The Labute approximate surface area is 281 Å². The van der Waals surface area contributed by atoms with Crippen LogP contribution in [0.5, 0.6) is 5.75 Å². The number of hydrogen-bond acceptors (Lipinski definition) is 9. The van der Waals surface area contributed by atoms with Crippen molar-refractivity contribution in [2.75, 3.05) is 37.4 Å². The van der Waals surface area contributed by atoms with E-state index >= 15 is 4.39 Å². The van der Waals surface area contributed by atoms with E-state index in [1.165, 1.54) is 49.7 Å². The smallest absolute Gasteiger partial charge is 0.271 e. The number of anilines is 3. The number of aromatic nitrogens is 4. The lowest BCUT2D eigenvalue weighted by atomic mass is 10.1. The zero-order chi connectivity index (χ0) is 34.9. The molecule has 49 heavy (non-hydrogen) atoms. The number of nitrogens with one attached hydrogen (secondary N) is 1. The number of ether oxygens (including phenoxy) is 1. The average molecular weight is 683 g/mol. The van der Waals surface area contributed by atoms with Gasteiger partial charge in [-0.2, -0.15) is 4.98 Å². The standard InChI is InChI=1S/C35H32FN7O5S/c1-20-9-11-22(12-10-20)49(46,47)42-17-14-23-31(42)39-35(43-32(23)37-25-7-4-6-24(36)30(25)34(43)45)38-26-19-28-21(18-29(26)48-3)13-16-41(28)33(44)27-8-5-15-40(27)2/h4,6-7,9-12,14,17-19,27H,5,8,13,15-16H2,1-3H3,(H,38,39)/t27-/m0/s1/i2D. The van der Waals surface area contributed by atoms with Crippen LogP contribution in [-0.2, 0) is 21.2 Å². The van der Waals surface area contributed by atoms with Crippen LogP contribution in [0.15, 0.2) is 76.6 Å². The van der Waals surface area contributed by atoms with Crippen LogP contribution in [0.3, 0.4) is 0 Å². The Bertz CT molecular complexity index is 2540. The third-order valence-corrected chi connectivity index (χ3v) is 11.1. The van der Waals surface area contributed by atoms with Crippen molar-refractivity contribution in [2.24, 2.45) is 0 Å². The van der Waals surface area contributed by atoms with Crippen molar-refractivity contribution < 1.29 is 23.7 Å². The van der Waals surface area contributed by atoms with Gasteiger partial charge in [0.2, 0.25) is 11.9 Å². The average Bonchev–Trinajstić information content (AvgIpc) is 3.86. The molecule has 3 aromatic heterocycles. The number of aryl methyl sites for hydroxylation is 1. The van der Waals surface area contributed by atoms with Crippen molar-refractivity contribution in [1.29, 1.82) is 0 Å². The minimum atomic E-state index is -4.14. The summed E-state index contributed by atoms with van der Waals surface area (Å²) in [5, 5.41) is 3.15. The largest absolute Gasteiger partial charge is 0.495 e. The van der Waals surface area contributed by atoms with Crippen LogP contribution >= 0.6 is 0 Å². The summed E-state index contributed by atoms with van der Waals surface area (Å²) in [6.07, 6.45) is 3.46. The fourth-order valence-corrected chi connectivity index (χ4v) is 8.12. The van der Waals surface area contributed by atoms with Gasteiger partial charge in [-0.1, -0.05) is 23.8 Å². The Morgan fingerprint density at radius 2 is 1.90 bits per heavy atom. The van der Waals surface area contributed by atoms with Crippen molar-refractivity contribution >= 4 is 60.8 Å². The predicted molar refractivity (Wildman–Crippen MR) is 184 cm³/mol. The molecule has 2 aliphatic heterocycles. The van der Waals surface area contributed by atoms with Gasteiger partial charge in [0, 0.05) is 19.8 Å². The molecule has 1 amide bonds. The normalized spacial score (nSPS) is 16.8. The fraction of sp³-hybridized carbons (Fsp3) is 0.257. The number of methoxy groups -OCH3 is 1. The highest BCUT2D eigenvalue weighted by atomic mass is 32.2. The zero-order valence-corrected chi connectivity index (χ0v) is 27.5. The quantitative estimate of drug-likeness (QED) is 0.250. The second kappa shape index (κ2) is 11.4. The summed E-state index contributed by atoms with van der Waals surface area (Å²) in [6, 6.07) is 15.2.